The Bertz CT molecular complexity index is 1040. The minimum atomic E-state index is 0.652. The number of aryl methyl sites for hydroxylation is 1. The molecular formula is C21H19ClN4. The highest BCUT2D eigenvalue weighted by Crippen LogP contribution is 2.21. The summed E-state index contributed by atoms with van der Waals surface area (Å²) in [5.41, 5.74) is 5.54. The van der Waals surface area contributed by atoms with Gasteiger partial charge in [-0.15, -0.1) is 0 Å². The lowest BCUT2D eigenvalue weighted by Crippen LogP contribution is -2.02. The van der Waals surface area contributed by atoms with Gasteiger partial charge in [0.1, 0.15) is 11.5 Å². The summed E-state index contributed by atoms with van der Waals surface area (Å²) in [4.78, 5) is 12.2. The summed E-state index contributed by atoms with van der Waals surface area (Å²) in [5.74, 6) is 0.838. The third-order valence-electron chi connectivity index (χ3n) is 4.39. The van der Waals surface area contributed by atoms with E-state index in [9.17, 15) is 0 Å². The van der Waals surface area contributed by atoms with Gasteiger partial charge in [0, 0.05) is 42.0 Å². The van der Waals surface area contributed by atoms with E-state index in [-0.39, 0.29) is 0 Å². The summed E-state index contributed by atoms with van der Waals surface area (Å²) in [7, 11) is 0. The van der Waals surface area contributed by atoms with Crippen LogP contribution in [0.2, 0.25) is 5.02 Å². The van der Waals surface area contributed by atoms with Crippen molar-refractivity contribution >= 4 is 28.5 Å². The average Bonchev–Trinajstić information content (AvgIpc) is 3.04. The van der Waals surface area contributed by atoms with Crippen LogP contribution >= 0.6 is 11.6 Å². The molecule has 0 atom stereocenters. The smallest absolute Gasteiger partial charge is 0.137 e. The lowest BCUT2D eigenvalue weighted by Gasteiger charge is -2.08. The summed E-state index contributed by atoms with van der Waals surface area (Å²) < 4.78 is 0. The van der Waals surface area contributed by atoms with Crippen molar-refractivity contribution in [1.29, 1.82) is 0 Å². The number of rotatable bonds is 5. The van der Waals surface area contributed by atoms with E-state index >= 15 is 0 Å². The van der Waals surface area contributed by atoms with Gasteiger partial charge in [-0.3, -0.25) is 0 Å². The SMILES string of the molecule is Cc1cnc2[nH]cc(Cc3ccc(NCc4ccccc4Cl)nc3)c2c1. The third-order valence-corrected chi connectivity index (χ3v) is 4.76. The first-order valence-corrected chi connectivity index (χ1v) is 8.91. The molecule has 2 N–H and O–H groups in total. The van der Waals surface area contributed by atoms with Crippen LogP contribution in [0.5, 0.6) is 0 Å². The van der Waals surface area contributed by atoms with Gasteiger partial charge in [0.05, 0.1) is 0 Å². The second-order valence-electron chi connectivity index (χ2n) is 6.40. The van der Waals surface area contributed by atoms with Crippen LogP contribution < -0.4 is 5.32 Å². The third kappa shape index (κ3) is 3.55. The molecule has 0 saturated carbocycles. The molecule has 1 aromatic carbocycles. The van der Waals surface area contributed by atoms with Crippen LogP contribution in [0.3, 0.4) is 0 Å². The molecule has 0 fully saturated rings. The molecule has 0 bridgehead atoms. The fraction of sp³-hybridized carbons (Fsp3) is 0.143. The molecule has 0 aliphatic rings. The van der Waals surface area contributed by atoms with Gasteiger partial charge in [0.2, 0.25) is 0 Å². The Balaban J connectivity index is 1.45. The minimum Gasteiger partial charge on any atom is -0.366 e. The monoisotopic (exact) mass is 362 g/mol. The average molecular weight is 363 g/mol. The van der Waals surface area contributed by atoms with Crippen molar-refractivity contribution in [2.75, 3.05) is 5.32 Å². The van der Waals surface area contributed by atoms with Gasteiger partial charge < -0.3 is 10.3 Å². The molecule has 0 unspecified atom stereocenters. The van der Waals surface area contributed by atoms with Crippen LogP contribution in [0.1, 0.15) is 22.3 Å². The van der Waals surface area contributed by atoms with E-state index in [2.05, 4.69) is 39.3 Å². The summed E-state index contributed by atoms with van der Waals surface area (Å²) in [6, 6.07) is 14.1. The maximum absolute atomic E-state index is 6.19. The summed E-state index contributed by atoms with van der Waals surface area (Å²) >= 11 is 6.19. The summed E-state index contributed by atoms with van der Waals surface area (Å²) in [6.07, 6.45) is 6.64. The van der Waals surface area contributed by atoms with E-state index in [4.69, 9.17) is 11.6 Å². The van der Waals surface area contributed by atoms with E-state index < -0.39 is 0 Å². The Morgan fingerprint density at radius 3 is 2.73 bits per heavy atom. The highest BCUT2D eigenvalue weighted by molar-refractivity contribution is 6.31. The Morgan fingerprint density at radius 1 is 1.04 bits per heavy atom. The zero-order chi connectivity index (χ0) is 17.9. The number of hydrogen-bond acceptors (Lipinski definition) is 3. The Morgan fingerprint density at radius 2 is 1.92 bits per heavy atom. The normalized spacial score (nSPS) is 11.0. The number of aromatic amines is 1. The van der Waals surface area contributed by atoms with Crippen LogP contribution in [-0.2, 0) is 13.0 Å². The molecule has 5 heteroatoms. The second kappa shape index (κ2) is 7.18. The van der Waals surface area contributed by atoms with Crippen LogP contribution in [0.4, 0.5) is 5.82 Å². The highest BCUT2D eigenvalue weighted by atomic mass is 35.5. The molecule has 26 heavy (non-hydrogen) atoms. The number of nitrogens with zero attached hydrogens (tertiary/aromatic N) is 2. The molecular weight excluding hydrogens is 344 g/mol. The van der Waals surface area contributed by atoms with E-state index in [1.54, 1.807) is 0 Å². The van der Waals surface area contributed by atoms with E-state index in [1.807, 2.05) is 48.9 Å². The first kappa shape index (κ1) is 16.6. The van der Waals surface area contributed by atoms with Crippen molar-refractivity contribution in [3.05, 3.63) is 88.3 Å². The molecule has 3 aromatic heterocycles. The fourth-order valence-electron chi connectivity index (χ4n) is 2.99. The van der Waals surface area contributed by atoms with Crippen molar-refractivity contribution < 1.29 is 0 Å². The zero-order valence-corrected chi connectivity index (χ0v) is 15.2. The number of hydrogen-bond donors (Lipinski definition) is 2. The second-order valence-corrected chi connectivity index (χ2v) is 6.80. The molecule has 0 aliphatic heterocycles. The van der Waals surface area contributed by atoms with Gasteiger partial charge in [-0.2, -0.15) is 0 Å². The predicted molar refractivity (Wildman–Crippen MR) is 107 cm³/mol. The van der Waals surface area contributed by atoms with Crippen LogP contribution in [0, 0.1) is 6.92 Å². The van der Waals surface area contributed by atoms with Crippen molar-refractivity contribution in [3.63, 3.8) is 0 Å². The van der Waals surface area contributed by atoms with Crippen molar-refractivity contribution in [2.45, 2.75) is 19.9 Å². The molecule has 4 nitrogen and oxygen atoms in total. The number of H-pyrrole nitrogens is 1. The Labute approximate surface area is 157 Å². The Kier molecular flexibility index (Phi) is 4.59. The van der Waals surface area contributed by atoms with E-state index in [0.29, 0.717) is 6.54 Å². The standard InChI is InChI=1S/C21H19ClN4/c1-14-8-18-17(13-26-21(18)25-10-14)9-15-6-7-20(23-11-15)24-12-16-4-2-3-5-19(16)22/h2-8,10-11,13H,9,12H2,1H3,(H,23,24)(H,25,26). The molecule has 130 valence electrons. The van der Waals surface area contributed by atoms with Crippen LogP contribution in [0.15, 0.2) is 61.1 Å². The van der Waals surface area contributed by atoms with Crippen molar-refractivity contribution in [3.8, 4) is 0 Å². The summed E-state index contributed by atoms with van der Waals surface area (Å²) in [6.45, 7) is 2.71. The zero-order valence-electron chi connectivity index (χ0n) is 14.5. The first-order valence-electron chi connectivity index (χ1n) is 8.54. The number of fused-ring (bicyclic) bond motifs is 1. The number of nitrogens with one attached hydrogen (secondary N) is 2. The van der Waals surface area contributed by atoms with Crippen molar-refractivity contribution in [1.82, 2.24) is 15.0 Å². The van der Waals surface area contributed by atoms with Gasteiger partial charge in [-0.25, -0.2) is 9.97 Å². The number of anilines is 1. The van der Waals surface area contributed by atoms with Gasteiger partial charge in [-0.05, 0) is 47.4 Å². The molecule has 3 heterocycles. The van der Waals surface area contributed by atoms with Gasteiger partial charge in [-0.1, -0.05) is 35.9 Å². The fourth-order valence-corrected chi connectivity index (χ4v) is 3.19. The molecule has 0 amide bonds. The largest absolute Gasteiger partial charge is 0.366 e. The van der Waals surface area contributed by atoms with Gasteiger partial charge in [0.15, 0.2) is 0 Å². The van der Waals surface area contributed by atoms with E-state index in [1.165, 1.54) is 10.9 Å². The molecule has 4 aromatic rings. The first-order chi connectivity index (χ1) is 12.7. The van der Waals surface area contributed by atoms with Gasteiger partial charge >= 0.3 is 0 Å². The number of pyridine rings is 2. The molecule has 4 rings (SSSR count). The van der Waals surface area contributed by atoms with Gasteiger partial charge in [0.25, 0.3) is 0 Å². The van der Waals surface area contributed by atoms with E-state index in [0.717, 1.165) is 39.6 Å². The molecule has 0 aliphatic carbocycles. The lowest BCUT2D eigenvalue weighted by molar-refractivity contribution is 1.09. The predicted octanol–water partition coefficient (Wildman–Crippen LogP) is 5.12. The number of aromatic nitrogens is 3. The summed E-state index contributed by atoms with van der Waals surface area (Å²) in [5, 5.41) is 5.25. The maximum atomic E-state index is 6.19. The minimum absolute atomic E-state index is 0.652. The topological polar surface area (TPSA) is 53.6 Å². The molecule has 0 spiro atoms. The maximum Gasteiger partial charge on any atom is 0.137 e. The number of halogens is 1. The molecule has 0 radical (unpaired) electrons. The highest BCUT2D eigenvalue weighted by Gasteiger charge is 2.07. The quantitative estimate of drug-likeness (QED) is 0.518. The Hall–Kier alpha value is -2.85. The van der Waals surface area contributed by atoms with Crippen LogP contribution in [0.25, 0.3) is 11.0 Å². The lowest BCUT2D eigenvalue weighted by atomic mass is 10.1. The van der Waals surface area contributed by atoms with Crippen molar-refractivity contribution in [2.24, 2.45) is 0 Å². The number of benzene rings is 1. The van der Waals surface area contributed by atoms with Crippen LogP contribution in [-0.4, -0.2) is 15.0 Å². The molecule has 0 saturated heterocycles.